The van der Waals surface area contributed by atoms with Gasteiger partial charge in [-0.15, -0.1) is 0 Å². The van der Waals surface area contributed by atoms with Crippen LogP contribution in [0.1, 0.15) is 47.5 Å². The largest absolute Gasteiger partial charge is 0.386 e. The van der Waals surface area contributed by atoms with Crippen molar-refractivity contribution in [1.29, 1.82) is 0 Å². The molecule has 0 amide bonds. The lowest BCUT2D eigenvalue weighted by Gasteiger charge is -2.27. The number of rotatable bonds is 4. The molecule has 2 aliphatic rings. The van der Waals surface area contributed by atoms with Gasteiger partial charge in [0.2, 0.25) is 0 Å². The van der Waals surface area contributed by atoms with E-state index in [-0.39, 0.29) is 6.10 Å². The van der Waals surface area contributed by atoms with E-state index in [9.17, 15) is 5.11 Å². The van der Waals surface area contributed by atoms with Gasteiger partial charge in [-0.3, -0.25) is 9.58 Å². The third-order valence-corrected chi connectivity index (χ3v) is 5.34. The topological polar surface area (TPSA) is 59.1 Å². The normalized spacial score (nSPS) is 19.8. The van der Waals surface area contributed by atoms with E-state index in [0.717, 1.165) is 56.2 Å². The highest BCUT2D eigenvalue weighted by atomic mass is 16.3. The Labute approximate surface area is 136 Å². The summed E-state index contributed by atoms with van der Waals surface area (Å²) < 4.78 is 4.25. The second kappa shape index (κ2) is 5.46. The van der Waals surface area contributed by atoms with Gasteiger partial charge in [0.1, 0.15) is 11.9 Å². The smallest absolute Gasteiger partial charge is 0.123 e. The van der Waals surface area contributed by atoms with Crippen LogP contribution in [-0.4, -0.2) is 35.9 Å². The Morgan fingerprint density at radius 1 is 1.30 bits per heavy atom. The van der Waals surface area contributed by atoms with E-state index < -0.39 is 0 Å². The Balaban J connectivity index is 1.48. The minimum absolute atomic E-state index is 0.374. The molecule has 0 radical (unpaired) electrons. The molecule has 1 fully saturated rings. The van der Waals surface area contributed by atoms with Crippen molar-refractivity contribution in [1.82, 2.24) is 24.2 Å². The molecule has 6 heteroatoms. The van der Waals surface area contributed by atoms with E-state index in [1.165, 1.54) is 11.4 Å². The van der Waals surface area contributed by atoms with Gasteiger partial charge in [0, 0.05) is 25.8 Å². The van der Waals surface area contributed by atoms with Crippen LogP contribution in [0.3, 0.4) is 0 Å². The molecule has 2 aromatic heterocycles. The van der Waals surface area contributed by atoms with Gasteiger partial charge in [-0.25, -0.2) is 4.98 Å². The molecule has 1 aliphatic carbocycles. The molecule has 6 nitrogen and oxygen atoms in total. The first-order valence-electron chi connectivity index (χ1n) is 8.48. The Kier molecular flexibility index (Phi) is 3.54. The number of nitrogens with zero attached hydrogens (tertiary/aromatic N) is 5. The third-order valence-electron chi connectivity index (χ3n) is 5.34. The maximum atomic E-state index is 10.3. The van der Waals surface area contributed by atoms with Crippen molar-refractivity contribution < 1.29 is 5.11 Å². The summed E-state index contributed by atoms with van der Waals surface area (Å²) >= 11 is 0. The number of aromatic nitrogens is 4. The van der Waals surface area contributed by atoms with Crippen molar-refractivity contribution in [2.24, 2.45) is 13.0 Å². The van der Waals surface area contributed by atoms with Crippen LogP contribution in [0, 0.1) is 19.8 Å². The molecule has 0 bridgehead atoms. The highest BCUT2D eigenvalue weighted by Crippen LogP contribution is 2.40. The van der Waals surface area contributed by atoms with Crippen LogP contribution in [0.15, 0.2) is 6.07 Å². The fraction of sp³-hybridized carbons (Fsp3) is 0.647. The molecular weight excluding hydrogens is 290 g/mol. The van der Waals surface area contributed by atoms with Crippen molar-refractivity contribution in [3.8, 4) is 0 Å². The number of aryl methyl sites for hydroxylation is 1. The van der Waals surface area contributed by atoms with E-state index in [1.807, 2.05) is 0 Å². The van der Waals surface area contributed by atoms with Crippen LogP contribution in [-0.2, 0) is 26.7 Å². The Morgan fingerprint density at radius 2 is 2.09 bits per heavy atom. The summed E-state index contributed by atoms with van der Waals surface area (Å²) in [5, 5.41) is 14.9. The summed E-state index contributed by atoms with van der Waals surface area (Å²) in [6.07, 6.45) is 1.89. The Hall–Kier alpha value is -1.66. The molecule has 23 heavy (non-hydrogen) atoms. The average molecular weight is 315 g/mol. The van der Waals surface area contributed by atoms with Gasteiger partial charge in [-0.1, -0.05) is 0 Å². The fourth-order valence-corrected chi connectivity index (χ4v) is 3.40. The molecule has 0 aromatic carbocycles. The highest BCUT2D eigenvalue weighted by Gasteiger charge is 2.33. The Bertz CT molecular complexity index is 728. The molecule has 3 heterocycles. The minimum atomic E-state index is -0.374. The lowest BCUT2D eigenvalue weighted by molar-refractivity contribution is 0.147. The number of hydrogen-bond donors (Lipinski definition) is 1. The van der Waals surface area contributed by atoms with Crippen LogP contribution in [0.5, 0.6) is 0 Å². The average Bonchev–Trinajstić information content (AvgIpc) is 3.26. The predicted molar refractivity (Wildman–Crippen MR) is 86.7 cm³/mol. The van der Waals surface area contributed by atoms with Crippen LogP contribution in [0.2, 0.25) is 0 Å². The highest BCUT2D eigenvalue weighted by molar-refractivity contribution is 5.17. The summed E-state index contributed by atoms with van der Waals surface area (Å²) in [5.41, 5.74) is 4.40. The van der Waals surface area contributed by atoms with Crippen molar-refractivity contribution in [2.45, 2.75) is 52.4 Å². The second-order valence-corrected chi connectivity index (χ2v) is 7.03. The SMILES string of the molecule is Cc1nc(CN2CCn3nc([C@@H](O)C4CC4)cc3C2)n(C)c1C. The zero-order valence-corrected chi connectivity index (χ0v) is 14.2. The van der Waals surface area contributed by atoms with Crippen LogP contribution in [0.4, 0.5) is 0 Å². The summed E-state index contributed by atoms with van der Waals surface area (Å²) in [6.45, 7) is 7.76. The standard InChI is InChI=1S/C17H25N5O/c1-11-12(2)20(3)16(18-11)10-21-6-7-22-14(9-21)8-15(19-22)17(23)13-4-5-13/h8,13,17,23H,4-7,9-10H2,1-3H3/t17-/m0/s1. The molecule has 0 spiro atoms. The third kappa shape index (κ3) is 2.70. The molecule has 0 unspecified atom stereocenters. The van der Waals surface area contributed by atoms with Gasteiger partial charge in [-0.05, 0) is 38.7 Å². The number of aliphatic hydroxyl groups excluding tert-OH is 1. The molecule has 1 N–H and O–H groups in total. The second-order valence-electron chi connectivity index (χ2n) is 7.03. The number of imidazole rings is 1. The van der Waals surface area contributed by atoms with E-state index in [0.29, 0.717) is 5.92 Å². The van der Waals surface area contributed by atoms with Crippen LogP contribution in [0.25, 0.3) is 0 Å². The molecule has 4 rings (SSSR count). The van der Waals surface area contributed by atoms with Crippen molar-refractivity contribution in [2.75, 3.05) is 6.54 Å². The molecule has 1 aliphatic heterocycles. The van der Waals surface area contributed by atoms with Gasteiger partial charge < -0.3 is 9.67 Å². The minimum Gasteiger partial charge on any atom is -0.386 e. The molecule has 124 valence electrons. The molecule has 1 saturated carbocycles. The van der Waals surface area contributed by atoms with Crippen LogP contribution < -0.4 is 0 Å². The van der Waals surface area contributed by atoms with Gasteiger partial charge in [0.25, 0.3) is 0 Å². The van der Waals surface area contributed by atoms with E-state index >= 15 is 0 Å². The molecular formula is C17H25N5O. The Morgan fingerprint density at radius 3 is 2.74 bits per heavy atom. The quantitative estimate of drug-likeness (QED) is 0.933. The van der Waals surface area contributed by atoms with E-state index in [1.54, 1.807) is 0 Å². The van der Waals surface area contributed by atoms with E-state index in [4.69, 9.17) is 0 Å². The molecule has 1 atom stereocenters. The summed E-state index contributed by atoms with van der Waals surface area (Å²) in [6, 6.07) is 2.09. The van der Waals surface area contributed by atoms with Crippen LogP contribution >= 0.6 is 0 Å². The monoisotopic (exact) mass is 315 g/mol. The van der Waals surface area contributed by atoms with E-state index in [2.05, 4.69) is 51.2 Å². The first-order valence-corrected chi connectivity index (χ1v) is 8.48. The van der Waals surface area contributed by atoms with Gasteiger partial charge in [0.15, 0.2) is 0 Å². The lowest BCUT2D eigenvalue weighted by Crippen LogP contribution is -2.34. The van der Waals surface area contributed by atoms with Gasteiger partial charge in [-0.2, -0.15) is 5.10 Å². The fourth-order valence-electron chi connectivity index (χ4n) is 3.40. The first-order chi connectivity index (χ1) is 11.0. The lowest BCUT2D eigenvalue weighted by atomic mass is 10.1. The number of hydrogen-bond acceptors (Lipinski definition) is 4. The number of aliphatic hydroxyl groups is 1. The van der Waals surface area contributed by atoms with Crippen molar-refractivity contribution >= 4 is 0 Å². The van der Waals surface area contributed by atoms with Gasteiger partial charge in [0.05, 0.1) is 30.2 Å². The van der Waals surface area contributed by atoms with Gasteiger partial charge >= 0.3 is 0 Å². The maximum absolute atomic E-state index is 10.3. The zero-order valence-electron chi connectivity index (χ0n) is 14.2. The molecule has 2 aromatic rings. The van der Waals surface area contributed by atoms with Crippen molar-refractivity contribution in [3.63, 3.8) is 0 Å². The predicted octanol–water partition coefficient (Wildman–Crippen LogP) is 1.69. The molecule has 0 saturated heterocycles. The summed E-state index contributed by atoms with van der Waals surface area (Å²) in [4.78, 5) is 7.09. The maximum Gasteiger partial charge on any atom is 0.123 e. The summed E-state index contributed by atoms with van der Waals surface area (Å²) in [5.74, 6) is 1.55. The summed E-state index contributed by atoms with van der Waals surface area (Å²) in [7, 11) is 2.09. The van der Waals surface area contributed by atoms with Crippen molar-refractivity contribution in [3.05, 3.63) is 34.7 Å². The number of fused-ring (bicyclic) bond motifs is 1. The first kappa shape index (κ1) is 14.9. The zero-order chi connectivity index (χ0) is 16.1.